The van der Waals surface area contributed by atoms with Crippen LogP contribution in [-0.4, -0.2) is 70.8 Å². The summed E-state index contributed by atoms with van der Waals surface area (Å²) in [5.74, 6) is 0.956. The second-order valence-electron chi connectivity index (χ2n) is 9.18. The Bertz CT molecular complexity index is 1300. The Morgan fingerprint density at radius 2 is 1.83 bits per heavy atom. The third-order valence-electron chi connectivity index (χ3n) is 6.01. The molecule has 1 amide bonds. The number of amides is 1. The molecule has 10 nitrogen and oxygen atoms in total. The average molecular weight is 532 g/mol. The quantitative estimate of drug-likeness (QED) is 0.302. The second-order valence-corrected chi connectivity index (χ2v) is 11.9. The number of rotatable bonds is 10. The van der Waals surface area contributed by atoms with Crippen molar-refractivity contribution >= 4 is 44.5 Å². The largest absolute Gasteiger partial charge is 0.369 e. The number of benzene rings is 1. The van der Waals surface area contributed by atoms with Crippen molar-refractivity contribution in [2.45, 2.75) is 49.7 Å². The van der Waals surface area contributed by atoms with Gasteiger partial charge in [0.1, 0.15) is 5.82 Å². The molecule has 0 saturated carbocycles. The summed E-state index contributed by atoms with van der Waals surface area (Å²) in [6, 6.07) is 6.12. The second kappa shape index (κ2) is 11.6. The highest BCUT2D eigenvalue weighted by molar-refractivity contribution is 7.98. The lowest BCUT2D eigenvalue weighted by molar-refractivity contribution is 0.0952. The zero-order valence-corrected chi connectivity index (χ0v) is 22.5. The van der Waals surface area contributed by atoms with Gasteiger partial charge in [0, 0.05) is 31.7 Å². The zero-order chi connectivity index (χ0) is 25.7. The average Bonchev–Trinajstić information content (AvgIpc) is 3.30. The summed E-state index contributed by atoms with van der Waals surface area (Å²) in [7, 11) is -3.52. The lowest BCUT2D eigenvalue weighted by Gasteiger charge is -2.25. The number of piperidine rings is 1. The molecule has 1 aliphatic rings. The Balaban J connectivity index is 1.39. The molecular weight excluding hydrogens is 498 g/mol. The smallest absolute Gasteiger partial charge is 0.251 e. The minimum Gasteiger partial charge on any atom is -0.369 e. The number of fused-ring (bicyclic) bond motifs is 1. The number of nitrogens with one attached hydrogen (secondary N) is 2. The normalized spacial score (nSPS) is 14.9. The van der Waals surface area contributed by atoms with Gasteiger partial charge in [-0.25, -0.2) is 23.1 Å². The maximum atomic E-state index is 12.8. The van der Waals surface area contributed by atoms with Crippen molar-refractivity contribution in [3.8, 4) is 0 Å². The molecule has 36 heavy (non-hydrogen) atoms. The molecular formula is C24H33N7O3S2. The lowest BCUT2D eigenvalue weighted by atomic mass is 10.2. The van der Waals surface area contributed by atoms with E-state index in [1.165, 1.54) is 28.2 Å². The van der Waals surface area contributed by atoms with E-state index in [4.69, 9.17) is 0 Å². The molecule has 0 spiro atoms. The number of aromatic nitrogens is 4. The highest BCUT2D eigenvalue weighted by Crippen LogP contribution is 2.24. The fraction of sp³-hybridized carbons (Fsp3) is 0.500. The van der Waals surface area contributed by atoms with Crippen LogP contribution in [0.3, 0.4) is 0 Å². The third kappa shape index (κ3) is 5.98. The van der Waals surface area contributed by atoms with E-state index in [1.54, 1.807) is 23.0 Å². The van der Waals surface area contributed by atoms with Gasteiger partial charge in [-0.15, -0.1) is 0 Å². The maximum absolute atomic E-state index is 12.8. The highest BCUT2D eigenvalue weighted by atomic mass is 32.2. The van der Waals surface area contributed by atoms with Crippen LogP contribution in [0.4, 0.5) is 5.82 Å². The molecule has 1 aliphatic heterocycles. The molecule has 0 aliphatic carbocycles. The third-order valence-corrected chi connectivity index (χ3v) is 8.48. The molecule has 2 N–H and O–H groups in total. The number of thioether (sulfide) groups is 1. The standard InChI is InChI=1S/C24H33N7O3S2/c1-17(2)15-26-21-20-16-27-31(22(20)29-24(28-21)35-3)14-11-25-23(32)18-7-9-19(10-8-18)36(33,34)30-12-5-4-6-13-30/h7-10,16-17H,4-6,11-15H2,1-3H3,(H,25,32)(H,26,28,29). The van der Waals surface area contributed by atoms with Crippen LogP contribution in [0.5, 0.6) is 0 Å². The van der Waals surface area contributed by atoms with E-state index in [0.717, 1.165) is 37.0 Å². The van der Waals surface area contributed by atoms with Crippen molar-refractivity contribution < 1.29 is 13.2 Å². The molecule has 3 heterocycles. The molecule has 4 rings (SSSR count). The topological polar surface area (TPSA) is 122 Å². The van der Waals surface area contributed by atoms with Gasteiger partial charge in [0.25, 0.3) is 5.91 Å². The molecule has 0 bridgehead atoms. The Hall–Kier alpha value is -2.70. The fourth-order valence-electron chi connectivity index (χ4n) is 4.04. The van der Waals surface area contributed by atoms with E-state index in [2.05, 4.69) is 39.5 Å². The highest BCUT2D eigenvalue weighted by Gasteiger charge is 2.26. The summed E-state index contributed by atoms with van der Waals surface area (Å²) < 4.78 is 28.9. The van der Waals surface area contributed by atoms with Crippen molar-refractivity contribution in [1.82, 2.24) is 29.4 Å². The Morgan fingerprint density at radius 1 is 1.11 bits per heavy atom. The minimum atomic E-state index is -3.52. The molecule has 0 unspecified atom stereocenters. The van der Waals surface area contributed by atoms with Crippen LogP contribution < -0.4 is 10.6 Å². The molecule has 0 radical (unpaired) electrons. The number of hydrogen-bond acceptors (Lipinski definition) is 8. The molecule has 2 aromatic heterocycles. The summed E-state index contributed by atoms with van der Waals surface area (Å²) in [6.07, 6.45) is 6.49. The molecule has 3 aromatic rings. The molecule has 1 aromatic carbocycles. The van der Waals surface area contributed by atoms with E-state index < -0.39 is 10.0 Å². The Kier molecular flexibility index (Phi) is 8.47. The van der Waals surface area contributed by atoms with Crippen LogP contribution in [-0.2, 0) is 16.6 Å². The molecule has 12 heteroatoms. The van der Waals surface area contributed by atoms with Crippen LogP contribution in [0.1, 0.15) is 43.5 Å². The number of hydrogen-bond donors (Lipinski definition) is 2. The summed E-state index contributed by atoms with van der Waals surface area (Å²) in [4.78, 5) is 22.1. The molecule has 0 atom stereocenters. The van der Waals surface area contributed by atoms with Crippen molar-refractivity contribution in [1.29, 1.82) is 0 Å². The van der Waals surface area contributed by atoms with E-state index in [-0.39, 0.29) is 10.8 Å². The molecule has 1 fully saturated rings. The van der Waals surface area contributed by atoms with Gasteiger partial charge in [0.15, 0.2) is 10.8 Å². The predicted octanol–water partition coefficient (Wildman–Crippen LogP) is 3.22. The van der Waals surface area contributed by atoms with Gasteiger partial charge in [-0.05, 0) is 49.3 Å². The van der Waals surface area contributed by atoms with Gasteiger partial charge in [-0.1, -0.05) is 32.0 Å². The summed E-state index contributed by atoms with van der Waals surface area (Å²) in [5.41, 5.74) is 1.12. The first-order valence-electron chi connectivity index (χ1n) is 12.2. The first-order chi connectivity index (χ1) is 17.3. The minimum absolute atomic E-state index is 0.218. The molecule has 194 valence electrons. The zero-order valence-electron chi connectivity index (χ0n) is 20.9. The van der Waals surface area contributed by atoms with Crippen molar-refractivity contribution in [3.63, 3.8) is 0 Å². The number of carbonyl (C=O) groups is 1. The van der Waals surface area contributed by atoms with Gasteiger partial charge in [-0.3, -0.25) is 4.79 Å². The summed E-state index contributed by atoms with van der Waals surface area (Å²) >= 11 is 1.46. The van der Waals surface area contributed by atoms with Gasteiger partial charge < -0.3 is 10.6 Å². The number of nitrogens with zero attached hydrogens (tertiary/aromatic N) is 5. The van der Waals surface area contributed by atoms with Gasteiger partial charge in [0.05, 0.1) is 23.0 Å². The predicted molar refractivity (Wildman–Crippen MR) is 142 cm³/mol. The van der Waals surface area contributed by atoms with Crippen LogP contribution in [0, 0.1) is 5.92 Å². The van der Waals surface area contributed by atoms with Crippen LogP contribution >= 0.6 is 11.8 Å². The Labute approximate surface area is 216 Å². The summed E-state index contributed by atoms with van der Waals surface area (Å²) in [5, 5.41) is 12.2. The fourth-order valence-corrected chi connectivity index (χ4v) is 5.91. The van der Waals surface area contributed by atoms with E-state index in [0.29, 0.717) is 48.5 Å². The summed E-state index contributed by atoms with van der Waals surface area (Å²) in [6.45, 7) is 6.93. The number of anilines is 1. The molecule has 1 saturated heterocycles. The first kappa shape index (κ1) is 26.4. The lowest BCUT2D eigenvalue weighted by Crippen LogP contribution is -2.35. The van der Waals surface area contributed by atoms with E-state index in [9.17, 15) is 13.2 Å². The number of sulfonamides is 1. The van der Waals surface area contributed by atoms with Crippen molar-refractivity contribution in [2.24, 2.45) is 5.92 Å². The van der Waals surface area contributed by atoms with Crippen molar-refractivity contribution in [2.75, 3.05) is 37.8 Å². The van der Waals surface area contributed by atoms with Crippen LogP contribution in [0.25, 0.3) is 11.0 Å². The monoisotopic (exact) mass is 531 g/mol. The maximum Gasteiger partial charge on any atom is 0.251 e. The van der Waals surface area contributed by atoms with E-state index in [1.807, 2.05) is 6.26 Å². The van der Waals surface area contributed by atoms with Crippen LogP contribution in [0.2, 0.25) is 0 Å². The first-order valence-corrected chi connectivity index (χ1v) is 14.9. The van der Waals surface area contributed by atoms with Crippen molar-refractivity contribution in [3.05, 3.63) is 36.0 Å². The number of carbonyl (C=O) groups excluding carboxylic acids is 1. The van der Waals surface area contributed by atoms with Gasteiger partial charge in [-0.2, -0.15) is 9.40 Å². The van der Waals surface area contributed by atoms with Gasteiger partial charge >= 0.3 is 0 Å². The van der Waals surface area contributed by atoms with Crippen LogP contribution in [0.15, 0.2) is 40.5 Å². The Morgan fingerprint density at radius 3 is 2.50 bits per heavy atom. The van der Waals surface area contributed by atoms with E-state index >= 15 is 0 Å². The van der Waals surface area contributed by atoms with Gasteiger partial charge in [0.2, 0.25) is 10.0 Å². The SMILES string of the molecule is CSc1nc(NCC(C)C)c2cnn(CCNC(=O)c3ccc(S(=O)(=O)N4CCCCC4)cc3)c2n1.